The van der Waals surface area contributed by atoms with E-state index in [1.165, 1.54) is 0 Å². The van der Waals surface area contributed by atoms with Crippen LogP contribution in [-0.4, -0.2) is 23.8 Å². The van der Waals surface area contributed by atoms with Crippen LogP contribution in [0.4, 0.5) is 0 Å². The van der Waals surface area contributed by atoms with E-state index >= 15 is 0 Å². The maximum absolute atomic E-state index is 12.7. The quantitative estimate of drug-likeness (QED) is 0.856. The van der Waals surface area contributed by atoms with Gasteiger partial charge in [-0.15, -0.1) is 0 Å². The fourth-order valence-electron chi connectivity index (χ4n) is 2.63. The van der Waals surface area contributed by atoms with Crippen molar-refractivity contribution in [3.05, 3.63) is 53.3 Å². The molecule has 0 spiro atoms. The molecular weight excluding hydrogens is 296 g/mol. The van der Waals surface area contributed by atoms with E-state index in [9.17, 15) is 8.42 Å². The lowest BCUT2D eigenvalue weighted by Gasteiger charge is -2.33. The van der Waals surface area contributed by atoms with Crippen LogP contribution < -0.4 is 0 Å². The monoisotopic (exact) mass is 310 g/mol. The normalized spacial score (nSPS) is 19.8. The van der Waals surface area contributed by atoms with E-state index in [0.29, 0.717) is 18.1 Å². The highest BCUT2D eigenvalue weighted by atomic mass is 35.5. The summed E-state index contributed by atoms with van der Waals surface area (Å²) in [5.74, 6) is 0. The second-order valence-corrected chi connectivity index (χ2v) is 7.20. The van der Waals surface area contributed by atoms with Crippen molar-refractivity contribution >= 4 is 21.6 Å². The van der Waals surface area contributed by atoms with Crippen LogP contribution >= 0.6 is 11.6 Å². The van der Waals surface area contributed by atoms with Crippen molar-refractivity contribution in [1.82, 2.24) is 8.87 Å². The molecule has 0 aliphatic carbocycles. The number of hydrogen-bond donors (Lipinski definition) is 0. The van der Waals surface area contributed by atoms with E-state index in [1.54, 1.807) is 28.6 Å². The number of nitrogens with zero attached hydrogens (tertiary/aromatic N) is 2. The van der Waals surface area contributed by atoms with Gasteiger partial charge in [0.2, 0.25) is 10.0 Å². The summed E-state index contributed by atoms with van der Waals surface area (Å²) in [6.45, 7) is 3.08. The van der Waals surface area contributed by atoms with Crippen molar-refractivity contribution in [2.75, 3.05) is 6.54 Å². The topological polar surface area (TPSA) is 42.3 Å². The third kappa shape index (κ3) is 2.16. The summed E-state index contributed by atoms with van der Waals surface area (Å²) < 4.78 is 29.1. The first kappa shape index (κ1) is 13.7. The molecule has 0 fully saturated rings. The molecule has 6 heteroatoms. The van der Waals surface area contributed by atoms with Gasteiger partial charge in [-0.25, -0.2) is 8.42 Å². The van der Waals surface area contributed by atoms with E-state index in [-0.39, 0.29) is 10.9 Å². The zero-order valence-corrected chi connectivity index (χ0v) is 12.6. The van der Waals surface area contributed by atoms with E-state index in [2.05, 4.69) is 4.57 Å². The van der Waals surface area contributed by atoms with E-state index in [1.807, 2.05) is 25.3 Å². The third-order valence-corrected chi connectivity index (χ3v) is 5.94. The van der Waals surface area contributed by atoms with Crippen molar-refractivity contribution in [3.8, 4) is 0 Å². The maximum Gasteiger partial charge on any atom is 0.243 e. The van der Waals surface area contributed by atoms with Crippen LogP contribution in [0.25, 0.3) is 0 Å². The molecule has 4 nitrogen and oxygen atoms in total. The Hall–Kier alpha value is -1.30. The predicted octanol–water partition coefficient (Wildman–Crippen LogP) is 2.91. The number of fused-ring (bicyclic) bond motifs is 1. The molecule has 1 aromatic carbocycles. The molecule has 106 valence electrons. The summed E-state index contributed by atoms with van der Waals surface area (Å²) >= 11 is 5.82. The summed E-state index contributed by atoms with van der Waals surface area (Å²) in [4.78, 5) is 0.286. The van der Waals surface area contributed by atoms with Crippen LogP contribution in [0.2, 0.25) is 5.02 Å². The van der Waals surface area contributed by atoms with Gasteiger partial charge in [0.15, 0.2) is 0 Å². The van der Waals surface area contributed by atoms with Gasteiger partial charge in [0.1, 0.15) is 0 Å². The molecule has 0 saturated heterocycles. The largest absolute Gasteiger partial charge is 0.349 e. The van der Waals surface area contributed by atoms with Gasteiger partial charge in [0, 0.05) is 30.0 Å². The average molecular weight is 311 g/mol. The van der Waals surface area contributed by atoms with Crippen molar-refractivity contribution in [1.29, 1.82) is 0 Å². The highest BCUT2D eigenvalue weighted by Gasteiger charge is 2.33. The van der Waals surface area contributed by atoms with Crippen molar-refractivity contribution in [2.45, 2.75) is 24.4 Å². The standard InChI is InChI=1S/C14H15ClN2O2S/c1-11-14-3-2-8-16(14)9-10-17(11)20(18,19)13-6-4-12(15)5-7-13/h2-8,11H,9-10H2,1H3. The lowest BCUT2D eigenvalue weighted by molar-refractivity contribution is 0.282. The highest BCUT2D eigenvalue weighted by molar-refractivity contribution is 7.89. The predicted molar refractivity (Wildman–Crippen MR) is 78.2 cm³/mol. The Balaban J connectivity index is 1.99. The van der Waals surface area contributed by atoms with Crippen LogP contribution in [-0.2, 0) is 16.6 Å². The van der Waals surface area contributed by atoms with Crippen LogP contribution in [0, 0.1) is 0 Å². The van der Waals surface area contributed by atoms with Crippen LogP contribution in [0.15, 0.2) is 47.5 Å². The lowest BCUT2D eigenvalue weighted by Crippen LogP contribution is -2.40. The van der Waals surface area contributed by atoms with Gasteiger partial charge in [-0.1, -0.05) is 11.6 Å². The Kier molecular flexibility index (Phi) is 3.36. The number of halogens is 1. The maximum atomic E-state index is 12.7. The molecule has 1 unspecified atom stereocenters. The molecule has 1 atom stereocenters. The summed E-state index contributed by atoms with van der Waals surface area (Å²) in [6, 6.07) is 10.1. The molecule has 1 aliphatic heterocycles. The number of benzene rings is 1. The van der Waals surface area contributed by atoms with Gasteiger partial charge >= 0.3 is 0 Å². The molecule has 1 aromatic heterocycles. The number of rotatable bonds is 2. The summed E-state index contributed by atoms with van der Waals surface area (Å²) in [6.07, 6.45) is 1.98. The second-order valence-electron chi connectivity index (χ2n) is 4.87. The van der Waals surface area contributed by atoms with Crippen LogP contribution in [0.5, 0.6) is 0 Å². The molecule has 1 aliphatic rings. The zero-order valence-electron chi connectivity index (χ0n) is 11.0. The Bertz CT molecular complexity index is 722. The van der Waals surface area contributed by atoms with Gasteiger partial charge in [0.25, 0.3) is 0 Å². The fourth-order valence-corrected chi connectivity index (χ4v) is 4.35. The molecule has 2 aromatic rings. The molecule has 20 heavy (non-hydrogen) atoms. The SMILES string of the molecule is CC1c2cccn2CCN1S(=O)(=O)c1ccc(Cl)cc1. The van der Waals surface area contributed by atoms with Crippen molar-refractivity contribution in [2.24, 2.45) is 0 Å². The summed E-state index contributed by atoms with van der Waals surface area (Å²) in [5.41, 5.74) is 1.02. The molecular formula is C14H15ClN2O2S. The molecule has 0 bridgehead atoms. The van der Waals surface area contributed by atoms with Crippen molar-refractivity contribution < 1.29 is 8.42 Å². The first-order chi connectivity index (χ1) is 9.50. The van der Waals surface area contributed by atoms with Gasteiger partial charge < -0.3 is 4.57 Å². The summed E-state index contributed by atoms with van der Waals surface area (Å²) in [7, 11) is -3.49. The lowest BCUT2D eigenvalue weighted by atomic mass is 10.2. The minimum atomic E-state index is -3.49. The Morgan fingerprint density at radius 1 is 1.15 bits per heavy atom. The average Bonchev–Trinajstić information content (AvgIpc) is 2.88. The number of aromatic nitrogens is 1. The highest BCUT2D eigenvalue weighted by Crippen LogP contribution is 2.31. The molecule has 0 radical (unpaired) electrons. The van der Waals surface area contributed by atoms with E-state index in [0.717, 1.165) is 5.69 Å². The van der Waals surface area contributed by atoms with Gasteiger partial charge in [-0.3, -0.25) is 0 Å². The van der Waals surface area contributed by atoms with Gasteiger partial charge in [0.05, 0.1) is 10.9 Å². The minimum absolute atomic E-state index is 0.167. The second kappa shape index (κ2) is 4.91. The van der Waals surface area contributed by atoms with E-state index < -0.39 is 10.0 Å². The Labute approximate surface area is 123 Å². The molecule has 2 heterocycles. The first-order valence-electron chi connectivity index (χ1n) is 6.42. The first-order valence-corrected chi connectivity index (χ1v) is 8.24. The van der Waals surface area contributed by atoms with Crippen LogP contribution in [0.3, 0.4) is 0 Å². The van der Waals surface area contributed by atoms with Gasteiger partial charge in [-0.2, -0.15) is 4.31 Å². The number of hydrogen-bond acceptors (Lipinski definition) is 2. The molecule has 3 rings (SSSR count). The molecule has 0 amide bonds. The van der Waals surface area contributed by atoms with Gasteiger partial charge in [-0.05, 0) is 43.3 Å². The van der Waals surface area contributed by atoms with Crippen LogP contribution in [0.1, 0.15) is 18.7 Å². The fraction of sp³-hybridized carbons (Fsp3) is 0.286. The zero-order chi connectivity index (χ0) is 14.3. The minimum Gasteiger partial charge on any atom is -0.349 e. The third-order valence-electron chi connectivity index (χ3n) is 3.71. The molecule has 0 saturated carbocycles. The Morgan fingerprint density at radius 3 is 2.55 bits per heavy atom. The van der Waals surface area contributed by atoms with Crippen molar-refractivity contribution in [3.63, 3.8) is 0 Å². The Morgan fingerprint density at radius 2 is 1.85 bits per heavy atom. The smallest absolute Gasteiger partial charge is 0.243 e. The summed E-state index contributed by atoms with van der Waals surface area (Å²) in [5, 5.41) is 0.532. The molecule has 0 N–H and O–H groups in total. The number of sulfonamides is 1. The van der Waals surface area contributed by atoms with E-state index in [4.69, 9.17) is 11.6 Å².